The highest BCUT2D eigenvalue weighted by atomic mass is 16.5. The van der Waals surface area contributed by atoms with E-state index in [1.54, 1.807) is 0 Å². The second kappa shape index (κ2) is 7.91. The van der Waals surface area contributed by atoms with Crippen LogP contribution in [0.2, 0.25) is 0 Å². The maximum absolute atomic E-state index is 12.2. The highest BCUT2D eigenvalue weighted by Crippen LogP contribution is 2.20. The molecule has 1 fully saturated rings. The number of likely N-dealkylation sites (tertiary alicyclic amines) is 1. The molecule has 1 aromatic carbocycles. The fourth-order valence-corrected chi connectivity index (χ4v) is 2.91. The van der Waals surface area contributed by atoms with Crippen molar-refractivity contribution in [1.82, 2.24) is 10.2 Å². The van der Waals surface area contributed by atoms with Crippen molar-refractivity contribution in [3.8, 4) is 5.75 Å². The van der Waals surface area contributed by atoms with Crippen molar-refractivity contribution in [3.63, 3.8) is 0 Å². The van der Waals surface area contributed by atoms with E-state index in [4.69, 9.17) is 4.74 Å². The van der Waals surface area contributed by atoms with Crippen LogP contribution in [0.15, 0.2) is 24.3 Å². The Labute approximate surface area is 127 Å². The summed E-state index contributed by atoms with van der Waals surface area (Å²) in [6, 6.07) is 8.32. The quantitative estimate of drug-likeness (QED) is 0.842. The number of aryl methyl sites for hydroxylation is 1. The molecule has 4 heteroatoms. The number of benzene rings is 1. The van der Waals surface area contributed by atoms with Gasteiger partial charge in [0, 0.05) is 12.6 Å². The van der Waals surface area contributed by atoms with Crippen molar-refractivity contribution in [2.75, 3.05) is 13.3 Å². The Morgan fingerprint density at radius 3 is 2.90 bits per heavy atom. The number of hydrogen-bond acceptors (Lipinski definition) is 2. The molecule has 0 aliphatic carbocycles. The molecule has 0 radical (unpaired) electrons. The molecule has 1 atom stereocenters. The maximum atomic E-state index is 12.2. The van der Waals surface area contributed by atoms with Crippen LogP contribution >= 0.6 is 0 Å². The van der Waals surface area contributed by atoms with Crippen molar-refractivity contribution in [2.24, 2.45) is 0 Å². The number of nitrogens with one attached hydrogen (secondary N) is 1. The molecule has 4 nitrogen and oxygen atoms in total. The molecule has 1 aliphatic rings. The zero-order valence-corrected chi connectivity index (χ0v) is 13.1. The Morgan fingerprint density at radius 1 is 1.33 bits per heavy atom. The number of nitrogens with zero attached hydrogens (tertiary/aromatic N) is 1. The molecule has 0 spiro atoms. The average molecular weight is 290 g/mol. The Morgan fingerprint density at radius 2 is 2.14 bits per heavy atom. The molecular weight excluding hydrogens is 264 g/mol. The van der Waals surface area contributed by atoms with Crippen molar-refractivity contribution in [2.45, 2.75) is 52.0 Å². The topological polar surface area (TPSA) is 41.6 Å². The van der Waals surface area contributed by atoms with Crippen LogP contribution < -0.4 is 10.1 Å². The molecule has 0 saturated carbocycles. The second-order valence-corrected chi connectivity index (χ2v) is 5.48. The number of rotatable bonds is 5. The second-order valence-electron chi connectivity index (χ2n) is 5.48. The number of carbonyl (C=O) groups excluding carboxylic acids is 1. The van der Waals surface area contributed by atoms with Crippen LogP contribution in [-0.4, -0.2) is 30.2 Å². The molecule has 1 unspecified atom stereocenters. The molecule has 0 bridgehead atoms. The lowest BCUT2D eigenvalue weighted by atomic mass is 10.0. The zero-order chi connectivity index (χ0) is 15.1. The molecule has 116 valence electrons. The maximum Gasteiger partial charge on any atom is 0.320 e. The predicted octanol–water partition coefficient (Wildman–Crippen LogP) is 3.56. The van der Waals surface area contributed by atoms with Gasteiger partial charge in [0.2, 0.25) is 0 Å². The van der Waals surface area contributed by atoms with E-state index < -0.39 is 0 Å². The number of amides is 2. The largest absolute Gasteiger partial charge is 0.473 e. The third-order valence-electron chi connectivity index (χ3n) is 4.16. The molecule has 2 amide bonds. The van der Waals surface area contributed by atoms with E-state index in [-0.39, 0.29) is 12.8 Å². The minimum absolute atomic E-state index is 0.00414. The lowest BCUT2D eigenvalue weighted by molar-refractivity contribution is 0.141. The first kappa shape index (κ1) is 15.7. The van der Waals surface area contributed by atoms with Crippen LogP contribution in [0, 0.1) is 0 Å². The van der Waals surface area contributed by atoms with Gasteiger partial charge >= 0.3 is 6.03 Å². The summed E-state index contributed by atoms with van der Waals surface area (Å²) in [6.07, 6.45) is 5.39. The van der Waals surface area contributed by atoms with Gasteiger partial charge in [-0.15, -0.1) is 0 Å². The standard InChI is InChI=1S/C17H26N2O2/c1-3-14-9-5-6-11-16(14)21-13-18-17(20)19-12-8-7-10-15(19)4-2/h5-6,9,11,15H,3-4,7-8,10,12-13H2,1-2H3,(H,18,20). The number of para-hydroxylation sites is 1. The van der Waals surface area contributed by atoms with Gasteiger partial charge in [-0.1, -0.05) is 32.0 Å². The summed E-state index contributed by atoms with van der Waals surface area (Å²) in [5, 5.41) is 2.88. The van der Waals surface area contributed by atoms with E-state index in [0.717, 1.165) is 43.5 Å². The van der Waals surface area contributed by atoms with E-state index in [9.17, 15) is 4.79 Å². The summed E-state index contributed by atoms with van der Waals surface area (Å²) in [5.41, 5.74) is 1.16. The minimum atomic E-state index is -0.00414. The van der Waals surface area contributed by atoms with E-state index in [1.807, 2.05) is 23.1 Å². The van der Waals surface area contributed by atoms with E-state index in [0.29, 0.717) is 6.04 Å². The Balaban J connectivity index is 1.83. The van der Waals surface area contributed by atoms with Gasteiger partial charge in [-0.25, -0.2) is 4.79 Å². The first-order valence-electron chi connectivity index (χ1n) is 8.01. The summed E-state index contributed by atoms with van der Waals surface area (Å²) >= 11 is 0. The Kier molecular flexibility index (Phi) is 5.90. The van der Waals surface area contributed by atoms with Crippen LogP contribution in [0.1, 0.15) is 45.1 Å². The van der Waals surface area contributed by atoms with Gasteiger partial charge in [-0.05, 0) is 43.7 Å². The average Bonchev–Trinajstić information content (AvgIpc) is 2.55. The van der Waals surface area contributed by atoms with Gasteiger partial charge in [0.1, 0.15) is 5.75 Å². The molecule has 1 N–H and O–H groups in total. The van der Waals surface area contributed by atoms with Crippen LogP contribution in [-0.2, 0) is 6.42 Å². The Hall–Kier alpha value is -1.71. The molecule has 2 rings (SSSR count). The number of ether oxygens (including phenoxy) is 1. The van der Waals surface area contributed by atoms with Gasteiger partial charge in [0.05, 0.1) is 0 Å². The molecule has 1 aliphatic heterocycles. The van der Waals surface area contributed by atoms with Crippen molar-refractivity contribution >= 4 is 6.03 Å². The summed E-state index contributed by atoms with van der Waals surface area (Å²) in [5.74, 6) is 0.853. The van der Waals surface area contributed by atoms with Crippen molar-refractivity contribution in [3.05, 3.63) is 29.8 Å². The molecule has 0 aromatic heterocycles. The monoisotopic (exact) mass is 290 g/mol. The molecule has 21 heavy (non-hydrogen) atoms. The number of piperidine rings is 1. The molecule has 1 aromatic rings. The first-order valence-corrected chi connectivity index (χ1v) is 8.01. The third kappa shape index (κ3) is 4.13. The van der Waals surface area contributed by atoms with E-state index in [2.05, 4.69) is 25.2 Å². The fraction of sp³-hybridized carbons (Fsp3) is 0.588. The lowest BCUT2D eigenvalue weighted by Gasteiger charge is -2.35. The SMILES string of the molecule is CCc1ccccc1OCNC(=O)N1CCCCC1CC. The highest BCUT2D eigenvalue weighted by Gasteiger charge is 2.24. The smallest absolute Gasteiger partial charge is 0.320 e. The molecule has 1 saturated heterocycles. The van der Waals surface area contributed by atoms with Crippen molar-refractivity contribution in [1.29, 1.82) is 0 Å². The Bertz CT molecular complexity index is 462. The van der Waals surface area contributed by atoms with Gasteiger partial charge in [-0.2, -0.15) is 0 Å². The summed E-state index contributed by atoms with van der Waals surface area (Å²) in [7, 11) is 0. The van der Waals surface area contributed by atoms with E-state index in [1.165, 1.54) is 6.42 Å². The summed E-state index contributed by atoms with van der Waals surface area (Å²) in [6.45, 7) is 5.32. The minimum Gasteiger partial charge on any atom is -0.473 e. The third-order valence-corrected chi connectivity index (χ3v) is 4.16. The fourth-order valence-electron chi connectivity index (χ4n) is 2.91. The van der Waals surface area contributed by atoms with Crippen LogP contribution in [0.5, 0.6) is 5.75 Å². The van der Waals surface area contributed by atoms with Crippen LogP contribution in [0.3, 0.4) is 0 Å². The van der Waals surface area contributed by atoms with Crippen LogP contribution in [0.25, 0.3) is 0 Å². The van der Waals surface area contributed by atoms with Gasteiger partial charge < -0.3 is 15.0 Å². The number of carbonyl (C=O) groups is 1. The van der Waals surface area contributed by atoms with Gasteiger partial charge in [-0.3, -0.25) is 0 Å². The van der Waals surface area contributed by atoms with Crippen molar-refractivity contribution < 1.29 is 9.53 Å². The lowest BCUT2D eigenvalue weighted by Crippen LogP contribution is -2.49. The highest BCUT2D eigenvalue weighted by molar-refractivity contribution is 5.74. The number of hydrogen-bond donors (Lipinski definition) is 1. The molecular formula is C17H26N2O2. The predicted molar refractivity (Wildman–Crippen MR) is 84.5 cm³/mol. The first-order chi connectivity index (χ1) is 10.3. The van der Waals surface area contributed by atoms with Crippen LogP contribution in [0.4, 0.5) is 4.79 Å². The van der Waals surface area contributed by atoms with E-state index >= 15 is 0 Å². The number of urea groups is 1. The zero-order valence-electron chi connectivity index (χ0n) is 13.1. The summed E-state index contributed by atoms with van der Waals surface area (Å²) < 4.78 is 5.70. The van der Waals surface area contributed by atoms with Gasteiger partial charge in [0.25, 0.3) is 0 Å². The normalized spacial score (nSPS) is 18.4. The molecule has 1 heterocycles. The van der Waals surface area contributed by atoms with Gasteiger partial charge in [0.15, 0.2) is 6.73 Å². The summed E-state index contributed by atoms with van der Waals surface area (Å²) in [4.78, 5) is 14.2.